The summed E-state index contributed by atoms with van der Waals surface area (Å²) in [6.45, 7) is -2.54. The van der Waals surface area contributed by atoms with Gasteiger partial charge in [-0.15, -0.1) is 5.10 Å². The van der Waals surface area contributed by atoms with Crippen molar-refractivity contribution < 1.29 is 22.7 Å². The maximum atomic E-state index is 12.2. The van der Waals surface area contributed by atoms with Gasteiger partial charge in [0.25, 0.3) is 0 Å². The molecule has 0 unspecified atom stereocenters. The van der Waals surface area contributed by atoms with Crippen molar-refractivity contribution in [1.29, 1.82) is 0 Å². The Morgan fingerprint density at radius 2 is 2.08 bits per heavy atom. The van der Waals surface area contributed by atoms with Gasteiger partial charge in [0.05, 0.1) is 12.0 Å². The van der Waals surface area contributed by atoms with E-state index in [-0.39, 0.29) is 17.3 Å². The Hall–Kier alpha value is -2.75. The summed E-state index contributed by atoms with van der Waals surface area (Å²) in [4.78, 5) is 12.2. The Morgan fingerprint density at radius 1 is 1.28 bits per heavy atom. The zero-order valence-electron chi connectivity index (χ0n) is 12.7. The third-order valence-electron chi connectivity index (χ3n) is 3.12. The van der Waals surface area contributed by atoms with Crippen LogP contribution in [0.25, 0.3) is 0 Å². The highest BCUT2D eigenvalue weighted by molar-refractivity contribution is 7.99. The van der Waals surface area contributed by atoms with E-state index in [9.17, 15) is 13.6 Å². The second-order valence-electron chi connectivity index (χ2n) is 4.81. The van der Waals surface area contributed by atoms with Crippen molar-refractivity contribution in [2.75, 3.05) is 5.75 Å². The van der Waals surface area contributed by atoms with Crippen molar-refractivity contribution in [3.05, 3.63) is 54.0 Å². The number of rotatable bonds is 8. The van der Waals surface area contributed by atoms with E-state index in [4.69, 9.17) is 4.42 Å². The molecule has 0 amide bonds. The Labute approximate surface area is 145 Å². The number of furan rings is 1. The molecule has 7 nitrogen and oxygen atoms in total. The van der Waals surface area contributed by atoms with Crippen LogP contribution in [0.4, 0.5) is 8.78 Å². The van der Waals surface area contributed by atoms with Gasteiger partial charge in [-0.2, -0.15) is 8.78 Å². The number of benzene rings is 1. The van der Waals surface area contributed by atoms with Crippen LogP contribution in [0.2, 0.25) is 0 Å². The van der Waals surface area contributed by atoms with E-state index in [0.29, 0.717) is 23.0 Å². The first-order valence-electron chi connectivity index (χ1n) is 7.11. The molecule has 3 rings (SSSR count). The molecule has 0 aliphatic heterocycles. The van der Waals surface area contributed by atoms with E-state index in [1.54, 1.807) is 18.4 Å². The molecule has 0 aliphatic carbocycles. The van der Waals surface area contributed by atoms with E-state index in [1.807, 2.05) is 0 Å². The number of carbonyl (C=O) groups is 1. The topological polar surface area (TPSA) is 83.0 Å². The monoisotopic (exact) mass is 366 g/mol. The molecule has 130 valence electrons. The lowest BCUT2D eigenvalue weighted by atomic mass is 10.1. The second kappa shape index (κ2) is 7.88. The third kappa shape index (κ3) is 4.63. The smallest absolute Gasteiger partial charge is 0.387 e. The Kier molecular flexibility index (Phi) is 5.39. The van der Waals surface area contributed by atoms with Crippen LogP contribution in [0.15, 0.2) is 52.2 Å². The number of tetrazole rings is 1. The molecule has 0 saturated carbocycles. The fourth-order valence-corrected chi connectivity index (χ4v) is 2.76. The van der Waals surface area contributed by atoms with Gasteiger partial charge in [-0.05, 0) is 46.8 Å². The summed E-state index contributed by atoms with van der Waals surface area (Å²) in [5, 5.41) is 11.8. The summed E-state index contributed by atoms with van der Waals surface area (Å²) in [5.74, 6) is 0.617. The fourth-order valence-electron chi connectivity index (χ4n) is 1.98. The highest BCUT2D eigenvalue weighted by atomic mass is 32.2. The average molecular weight is 366 g/mol. The van der Waals surface area contributed by atoms with Crippen LogP contribution in [0.1, 0.15) is 16.1 Å². The molecule has 0 N–H and O–H groups in total. The van der Waals surface area contributed by atoms with Crippen molar-refractivity contribution in [2.24, 2.45) is 0 Å². The number of hydrogen-bond acceptors (Lipinski definition) is 7. The van der Waals surface area contributed by atoms with Crippen LogP contribution in [-0.4, -0.2) is 38.4 Å². The Bertz CT molecular complexity index is 822. The highest BCUT2D eigenvalue weighted by Crippen LogP contribution is 2.19. The number of thioether (sulfide) groups is 1. The molecule has 0 fully saturated rings. The van der Waals surface area contributed by atoms with Gasteiger partial charge in [0.15, 0.2) is 5.78 Å². The van der Waals surface area contributed by atoms with Gasteiger partial charge < -0.3 is 9.15 Å². The minimum Gasteiger partial charge on any atom is -0.467 e. The molecule has 3 aromatic rings. The highest BCUT2D eigenvalue weighted by Gasteiger charge is 2.13. The second-order valence-corrected chi connectivity index (χ2v) is 5.76. The molecular weight excluding hydrogens is 354 g/mol. The summed E-state index contributed by atoms with van der Waals surface area (Å²) < 4.78 is 35.2. The number of alkyl halides is 2. The number of Topliss-reactive ketones (excluding diaryl/α,β-unsaturated/α-hetero) is 1. The normalized spacial score (nSPS) is 11.0. The molecule has 0 saturated heterocycles. The zero-order chi connectivity index (χ0) is 17.6. The van der Waals surface area contributed by atoms with Crippen LogP contribution in [-0.2, 0) is 6.54 Å². The van der Waals surface area contributed by atoms with Crippen LogP contribution in [0.5, 0.6) is 5.75 Å². The lowest BCUT2D eigenvalue weighted by molar-refractivity contribution is -0.0498. The van der Waals surface area contributed by atoms with Crippen molar-refractivity contribution >= 4 is 17.5 Å². The molecule has 2 aromatic heterocycles. The van der Waals surface area contributed by atoms with Gasteiger partial charge in [-0.3, -0.25) is 4.79 Å². The number of ketones is 1. The quantitative estimate of drug-likeness (QED) is 0.448. The van der Waals surface area contributed by atoms with Gasteiger partial charge in [0.2, 0.25) is 5.16 Å². The van der Waals surface area contributed by atoms with Crippen LogP contribution in [0.3, 0.4) is 0 Å². The Balaban J connectivity index is 1.58. The van der Waals surface area contributed by atoms with Gasteiger partial charge in [-0.1, -0.05) is 11.8 Å². The average Bonchev–Trinajstić information content (AvgIpc) is 3.25. The number of carbonyl (C=O) groups excluding carboxylic acids is 1. The summed E-state index contributed by atoms with van der Waals surface area (Å²) in [6, 6.07) is 9.08. The summed E-state index contributed by atoms with van der Waals surface area (Å²) in [7, 11) is 0. The largest absolute Gasteiger partial charge is 0.467 e. The maximum Gasteiger partial charge on any atom is 0.387 e. The van der Waals surface area contributed by atoms with Crippen LogP contribution in [0, 0.1) is 0 Å². The lowest BCUT2D eigenvalue weighted by Crippen LogP contribution is -2.07. The third-order valence-corrected chi connectivity index (χ3v) is 4.08. The molecule has 1 aromatic carbocycles. The number of nitrogens with zero attached hydrogens (tertiary/aromatic N) is 4. The van der Waals surface area contributed by atoms with E-state index < -0.39 is 6.61 Å². The summed E-state index contributed by atoms with van der Waals surface area (Å²) >= 11 is 1.18. The minimum absolute atomic E-state index is 0.00148. The summed E-state index contributed by atoms with van der Waals surface area (Å²) in [5.41, 5.74) is 0.388. The summed E-state index contributed by atoms with van der Waals surface area (Å²) in [6.07, 6.45) is 1.55. The molecule has 0 bridgehead atoms. The molecule has 0 radical (unpaired) electrons. The number of halogens is 2. The molecular formula is C15H12F2N4O3S. The van der Waals surface area contributed by atoms with Gasteiger partial charge in [-0.25, -0.2) is 4.68 Å². The first-order chi connectivity index (χ1) is 12.1. The molecule has 0 aliphatic rings. The minimum atomic E-state index is -2.90. The van der Waals surface area contributed by atoms with Crippen molar-refractivity contribution in [1.82, 2.24) is 20.2 Å². The molecule has 10 heteroatoms. The van der Waals surface area contributed by atoms with Gasteiger partial charge in [0, 0.05) is 5.56 Å². The van der Waals surface area contributed by atoms with Crippen molar-refractivity contribution in [2.45, 2.75) is 18.3 Å². The standard InChI is InChI=1S/C15H12F2N4O3S/c16-14(17)24-11-5-3-10(4-6-11)13(22)9-25-15-18-19-20-21(15)8-12-2-1-7-23-12/h1-7,14H,8-9H2. The lowest BCUT2D eigenvalue weighted by Gasteiger charge is -2.05. The predicted octanol–water partition coefficient (Wildman–Crippen LogP) is 2.89. The SMILES string of the molecule is O=C(CSc1nnnn1Cc1ccco1)c1ccc(OC(F)F)cc1. The predicted molar refractivity (Wildman–Crippen MR) is 83.8 cm³/mol. The molecule has 25 heavy (non-hydrogen) atoms. The molecule has 0 atom stereocenters. The van der Waals surface area contributed by atoms with E-state index in [2.05, 4.69) is 20.3 Å². The number of ether oxygens (including phenoxy) is 1. The fraction of sp³-hybridized carbons (Fsp3) is 0.200. The first-order valence-corrected chi connectivity index (χ1v) is 8.10. The maximum absolute atomic E-state index is 12.2. The van der Waals surface area contributed by atoms with Gasteiger partial charge >= 0.3 is 6.61 Å². The van der Waals surface area contributed by atoms with E-state index in [1.165, 1.54) is 40.7 Å². The zero-order valence-corrected chi connectivity index (χ0v) is 13.5. The van der Waals surface area contributed by atoms with Crippen molar-refractivity contribution in [3.8, 4) is 5.75 Å². The van der Waals surface area contributed by atoms with Crippen LogP contribution >= 0.6 is 11.8 Å². The van der Waals surface area contributed by atoms with E-state index in [0.717, 1.165) is 0 Å². The number of aromatic nitrogens is 4. The van der Waals surface area contributed by atoms with Crippen molar-refractivity contribution in [3.63, 3.8) is 0 Å². The molecule has 2 heterocycles. The Morgan fingerprint density at radius 3 is 2.76 bits per heavy atom. The number of hydrogen-bond donors (Lipinski definition) is 0. The van der Waals surface area contributed by atoms with Crippen LogP contribution < -0.4 is 4.74 Å². The molecule has 0 spiro atoms. The van der Waals surface area contributed by atoms with Gasteiger partial charge in [0.1, 0.15) is 18.1 Å². The first kappa shape index (κ1) is 17.1. The van der Waals surface area contributed by atoms with E-state index >= 15 is 0 Å².